The summed E-state index contributed by atoms with van der Waals surface area (Å²) in [6.45, 7) is 0.358. The van der Waals surface area contributed by atoms with E-state index in [-0.39, 0.29) is 24.5 Å². The number of halogens is 1. The lowest BCUT2D eigenvalue weighted by Crippen LogP contribution is -2.35. The van der Waals surface area contributed by atoms with E-state index in [0.29, 0.717) is 17.2 Å². The van der Waals surface area contributed by atoms with Gasteiger partial charge in [0, 0.05) is 5.69 Å². The van der Waals surface area contributed by atoms with Crippen LogP contribution in [0.15, 0.2) is 42.5 Å². The van der Waals surface area contributed by atoms with Gasteiger partial charge in [-0.3, -0.25) is 9.69 Å². The van der Waals surface area contributed by atoms with Crippen LogP contribution < -0.4 is 19.7 Å². The van der Waals surface area contributed by atoms with E-state index in [0.717, 1.165) is 0 Å². The summed E-state index contributed by atoms with van der Waals surface area (Å²) in [7, 11) is 2.93. The van der Waals surface area contributed by atoms with Crippen LogP contribution in [-0.4, -0.2) is 45.4 Å². The van der Waals surface area contributed by atoms with Crippen molar-refractivity contribution in [3.8, 4) is 11.5 Å². The number of nitrogens with one attached hydrogen (secondary N) is 1. The summed E-state index contributed by atoms with van der Waals surface area (Å²) in [6, 6.07) is 10.6. The average Bonchev–Trinajstić information content (AvgIpc) is 3.06. The SMILES string of the molecule is COc1cccc(OC)c1C(=O)NCC1CN(c2ccc(F)cc2)C(=O)O1. The minimum absolute atomic E-state index is 0.115. The minimum atomic E-state index is -0.546. The molecule has 1 aliphatic heterocycles. The fourth-order valence-electron chi connectivity index (χ4n) is 2.83. The predicted octanol–water partition coefficient (Wildman–Crippen LogP) is 2.60. The Hall–Kier alpha value is -3.29. The first-order valence-electron chi connectivity index (χ1n) is 8.26. The van der Waals surface area contributed by atoms with Crippen molar-refractivity contribution in [1.29, 1.82) is 0 Å². The molecule has 27 heavy (non-hydrogen) atoms. The quantitative estimate of drug-likeness (QED) is 0.841. The van der Waals surface area contributed by atoms with Crippen LogP contribution in [0.4, 0.5) is 14.9 Å². The third kappa shape index (κ3) is 3.94. The molecule has 1 unspecified atom stereocenters. The van der Waals surface area contributed by atoms with Crippen LogP contribution >= 0.6 is 0 Å². The van der Waals surface area contributed by atoms with E-state index in [2.05, 4.69) is 5.32 Å². The van der Waals surface area contributed by atoms with Crippen molar-refractivity contribution in [1.82, 2.24) is 5.32 Å². The molecule has 0 spiro atoms. The Morgan fingerprint density at radius 2 is 1.81 bits per heavy atom. The molecule has 8 heteroatoms. The molecule has 1 heterocycles. The topological polar surface area (TPSA) is 77.1 Å². The number of rotatable bonds is 6. The monoisotopic (exact) mass is 374 g/mol. The normalized spacial score (nSPS) is 16.0. The Labute approximate surface area is 155 Å². The van der Waals surface area contributed by atoms with E-state index in [1.807, 2.05) is 0 Å². The fraction of sp³-hybridized carbons (Fsp3) is 0.263. The van der Waals surface area contributed by atoms with Gasteiger partial charge >= 0.3 is 6.09 Å². The number of benzene rings is 2. The van der Waals surface area contributed by atoms with Crippen LogP contribution in [0.1, 0.15) is 10.4 Å². The van der Waals surface area contributed by atoms with Gasteiger partial charge in [-0.2, -0.15) is 0 Å². The lowest BCUT2D eigenvalue weighted by atomic mass is 10.1. The highest BCUT2D eigenvalue weighted by atomic mass is 19.1. The Morgan fingerprint density at radius 1 is 1.19 bits per heavy atom. The van der Waals surface area contributed by atoms with Gasteiger partial charge in [-0.25, -0.2) is 9.18 Å². The molecule has 3 rings (SSSR count). The first-order chi connectivity index (χ1) is 13.0. The molecule has 1 aliphatic rings. The highest BCUT2D eigenvalue weighted by molar-refractivity contribution is 5.99. The molecular weight excluding hydrogens is 355 g/mol. The number of ether oxygens (including phenoxy) is 3. The van der Waals surface area contributed by atoms with Gasteiger partial charge in [0.1, 0.15) is 29.0 Å². The third-order valence-electron chi connectivity index (χ3n) is 4.16. The number of anilines is 1. The van der Waals surface area contributed by atoms with Gasteiger partial charge in [-0.1, -0.05) is 6.07 Å². The van der Waals surface area contributed by atoms with E-state index in [4.69, 9.17) is 14.2 Å². The van der Waals surface area contributed by atoms with Crippen LogP contribution in [0.2, 0.25) is 0 Å². The first kappa shape index (κ1) is 18.5. The zero-order valence-electron chi connectivity index (χ0n) is 14.9. The smallest absolute Gasteiger partial charge is 0.414 e. The van der Waals surface area contributed by atoms with Crippen LogP contribution in [0, 0.1) is 5.82 Å². The molecule has 2 aromatic carbocycles. The van der Waals surface area contributed by atoms with Gasteiger partial charge in [-0.05, 0) is 36.4 Å². The van der Waals surface area contributed by atoms with Gasteiger partial charge in [0.2, 0.25) is 0 Å². The average molecular weight is 374 g/mol. The fourth-order valence-corrected chi connectivity index (χ4v) is 2.83. The van der Waals surface area contributed by atoms with Gasteiger partial charge in [-0.15, -0.1) is 0 Å². The number of methoxy groups -OCH3 is 2. The maximum absolute atomic E-state index is 13.0. The lowest BCUT2D eigenvalue weighted by Gasteiger charge is -2.15. The second kappa shape index (κ2) is 7.94. The summed E-state index contributed by atoms with van der Waals surface area (Å²) < 4.78 is 28.7. The molecule has 1 N–H and O–H groups in total. The molecule has 1 fully saturated rings. The zero-order valence-corrected chi connectivity index (χ0v) is 14.9. The largest absolute Gasteiger partial charge is 0.496 e. The Morgan fingerprint density at radius 3 is 2.41 bits per heavy atom. The summed E-state index contributed by atoms with van der Waals surface area (Å²) in [4.78, 5) is 26.0. The maximum atomic E-state index is 13.0. The van der Waals surface area contributed by atoms with Gasteiger partial charge in [0.05, 0.1) is 27.3 Å². The molecule has 2 amide bonds. The summed E-state index contributed by atoms with van der Waals surface area (Å²) in [5.41, 5.74) is 0.795. The number of hydrogen-bond acceptors (Lipinski definition) is 5. The zero-order chi connectivity index (χ0) is 19.4. The van der Waals surface area contributed by atoms with E-state index in [9.17, 15) is 14.0 Å². The summed E-state index contributed by atoms with van der Waals surface area (Å²) in [5.74, 6) is -0.0344. The summed E-state index contributed by atoms with van der Waals surface area (Å²) in [6.07, 6.45) is -1.08. The Balaban J connectivity index is 1.65. The van der Waals surface area contributed by atoms with Crippen molar-refractivity contribution in [2.75, 3.05) is 32.2 Å². The molecule has 0 radical (unpaired) electrons. The number of nitrogens with zero attached hydrogens (tertiary/aromatic N) is 1. The predicted molar refractivity (Wildman–Crippen MR) is 95.9 cm³/mol. The van der Waals surface area contributed by atoms with Crippen molar-refractivity contribution < 1.29 is 28.2 Å². The van der Waals surface area contributed by atoms with Crippen LogP contribution in [-0.2, 0) is 4.74 Å². The highest BCUT2D eigenvalue weighted by Gasteiger charge is 2.33. The van der Waals surface area contributed by atoms with Gasteiger partial charge < -0.3 is 19.5 Å². The van der Waals surface area contributed by atoms with Gasteiger partial charge in [0.25, 0.3) is 5.91 Å². The molecular formula is C19H19FN2O5. The molecule has 142 valence electrons. The Kier molecular flexibility index (Phi) is 5.44. The van der Waals surface area contributed by atoms with E-state index in [1.54, 1.807) is 18.2 Å². The van der Waals surface area contributed by atoms with Crippen LogP contribution in [0.25, 0.3) is 0 Å². The number of carbonyl (C=O) groups is 2. The number of amides is 2. The van der Waals surface area contributed by atoms with Crippen molar-refractivity contribution in [3.05, 3.63) is 53.8 Å². The molecule has 0 saturated carbocycles. The van der Waals surface area contributed by atoms with Crippen molar-refractivity contribution in [3.63, 3.8) is 0 Å². The molecule has 0 bridgehead atoms. The second-order valence-electron chi connectivity index (χ2n) is 5.84. The van der Waals surface area contributed by atoms with E-state index in [1.165, 1.54) is 43.4 Å². The van der Waals surface area contributed by atoms with Crippen LogP contribution in [0.3, 0.4) is 0 Å². The minimum Gasteiger partial charge on any atom is -0.496 e. The first-order valence-corrected chi connectivity index (χ1v) is 8.26. The molecule has 1 atom stereocenters. The van der Waals surface area contributed by atoms with E-state index >= 15 is 0 Å². The van der Waals surface area contributed by atoms with Crippen molar-refractivity contribution >= 4 is 17.7 Å². The standard InChI is InChI=1S/C19H19FN2O5/c1-25-15-4-3-5-16(26-2)17(15)18(23)21-10-14-11-22(19(24)27-14)13-8-6-12(20)7-9-13/h3-9,14H,10-11H2,1-2H3,(H,21,23). The van der Waals surface area contributed by atoms with E-state index < -0.39 is 18.1 Å². The maximum Gasteiger partial charge on any atom is 0.414 e. The van der Waals surface area contributed by atoms with Crippen molar-refractivity contribution in [2.24, 2.45) is 0 Å². The number of carbonyl (C=O) groups excluding carboxylic acids is 2. The second-order valence-corrected chi connectivity index (χ2v) is 5.84. The van der Waals surface area contributed by atoms with Crippen molar-refractivity contribution in [2.45, 2.75) is 6.10 Å². The molecule has 0 aliphatic carbocycles. The highest BCUT2D eigenvalue weighted by Crippen LogP contribution is 2.28. The third-order valence-corrected chi connectivity index (χ3v) is 4.16. The number of hydrogen-bond donors (Lipinski definition) is 1. The molecule has 7 nitrogen and oxygen atoms in total. The van der Waals surface area contributed by atoms with Gasteiger partial charge in [0.15, 0.2) is 0 Å². The number of cyclic esters (lactones) is 1. The summed E-state index contributed by atoms with van der Waals surface area (Å²) in [5, 5.41) is 2.73. The van der Waals surface area contributed by atoms with Crippen LogP contribution in [0.5, 0.6) is 11.5 Å². The molecule has 1 saturated heterocycles. The molecule has 0 aromatic heterocycles. The Bertz CT molecular complexity index is 818. The molecule has 2 aromatic rings. The summed E-state index contributed by atoms with van der Waals surface area (Å²) >= 11 is 0. The lowest BCUT2D eigenvalue weighted by molar-refractivity contribution is 0.0910.